The number of carbonyl (C=O) groups excluding carboxylic acids is 1. The fourth-order valence-electron chi connectivity index (χ4n) is 0.834. The van der Waals surface area contributed by atoms with Crippen LogP contribution in [0.15, 0.2) is 0 Å². The maximum Gasteiger partial charge on any atom is 0.293 e. The van der Waals surface area contributed by atoms with E-state index in [0.29, 0.717) is 13.1 Å². The van der Waals surface area contributed by atoms with E-state index in [9.17, 15) is 4.79 Å². The van der Waals surface area contributed by atoms with Crippen LogP contribution in [-0.4, -0.2) is 39.8 Å². The Hall–Kier alpha value is -0.610. The number of rotatable bonds is 4. The van der Waals surface area contributed by atoms with Gasteiger partial charge < -0.3 is 15.4 Å². The number of nitrogens with one attached hydrogen (secondary N) is 2. The highest BCUT2D eigenvalue weighted by Gasteiger charge is 1.93. The molecule has 2 N–H and O–H groups in total. The van der Waals surface area contributed by atoms with Gasteiger partial charge in [0.1, 0.15) is 6.61 Å². The summed E-state index contributed by atoms with van der Waals surface area (Å²) in [7, 11) is 1.80. The molecule has 72 valence electrons. The molecule has 1 rings (SSSR count). The van der Waals surface area contributed by atoms with Gasteiger partial charge in [0.2, 0.25) is 0 Å². The van der Waals surface area contributed by atoms with Gasteiger partial charge in [-0.15, -0.1) is 0 Å². The van der Waals surface area contributed by atoms with Crippen LogP contribution >= 0.6 is 0 Å². The number of carbonyl (C=O) groups is 1. The first kappa shape index (κ1) is 11.4. The van der Waals surface area contributed by atoms with E-state index in [1.54, 1.807) is 7.05 Å². The van der Waals surface area contributed by atoms with Crippen molar-refractivity contribution >= 4 is 6.47 Å². The molecule has 0 aliphatic carbocycles. The van der Waals surface area contributed by atoms with Crippen molar-refractivity contribution in [3.05, 3.63) is 0 Å². The second-order valence-electron chi connectivity index (χ2n) is 2.53. The first-order chi connectivity index (χ1) is 5.91. The standard InChI is InChI=1S/C4H9NO2.C4H9N/c1-5-2-3-7-4-6;1-2-4-5-3-1/h4-5H,2-3H2,1H3;5H,1-4H2. The third-order valence-corrected chi connectivity index (χ3v) is 1.50. The van der Waals surface area contributed by atoms with Crippen LogP contribution in [0.1, 0.15) is 12.8 Å². The predicted molar refractivity (Wildman–Crippen MR) is 48.0 cm³/mol. The highest BCUT2D eigenvalue weighted by Crippen LogP contribution is 1.90. The van der Waals surface area contributed by atoms with Crippen molar-refractivity contribution in [3.8, 4) is 0 Å². The van der Waals surface area contributed by atoms with E-state index in [1.165, 1.54) is 25.9 Å². The Labute approximate surface area is 73.7 Å². The minimum Gasteiger partial charge on any atom is -0.467 e. The third-order valence-electron chi connectivity index (χ3n) is 1.50. The van der Waals surface area contributed by atoms with Crippen molar-refractivity contribution in [2.75, 3.05) is 33.3 Å². The second-order valence-corrected chi connectivity index (χ2v) is 2.53. The quantitative estimate of drug-likeness (QED) is 0.456. The molecule has 1 aliphatic heterocycles. The molecule has 1 heterocycles. The Kier molecular flexibility index (Phi) is 9.86. The van der Waals surface area contributed by atoms with Crippen molar-refractivity contribution in [1.29, 1.82) is 0 Å². The van der Waals surface area contributed by atoms with Gasteiger partial charge in [-0.2, -0.15) is 0 Å². The monoisotopic (exact) mass is 174 g/mol. The molecule has 0 atom stereocenters. The zero-order valence-corrected chi connectivity index (χ0v) is 7.64. The minimum atomic E-state index is 0.442. The molecule has 0 amide bonds. The zero-order valence-electron chi connectivity index (χ0n) is 7.64. The molecule has 0 aromatic heterocycles. The van der Waals surface area contributed by atoms with Gasteiger partial charge >= 0.3 is 0 Å². The summed E-state index contributed by atoms with van der Waals surface area (Å²) in [5.74, 6) is 0. The van der Waals surface area contributed by atoms with Gasteiger partial charge in [-0.1, -0.05) is 0 Å². The van der Waals surface area contributed by atoms with E-state index in [-0.39, 0.29) is 0 Å². The summed E-state index contributed by atoms with van der Waals surface area (Å²) in [4.78, 5) is 9.43. The molecule has 0 spiro atoms. The average Bonchev–Trinajstić information content (AvgIpc) is 2.62. The van der Waals surface area contributed by atoms with E-state index in [0.717, 1.165) is 6.54 Å². The highest BCUT2D eigenvalue weighted by atomic mass is 16.5. The third kappa shape index (κ3) is 9.39. The molecule has 0 unspecified atom stereocenters. The second kappa shape index (κ2) is 10.4. The molecular weight excluding hydrogens is 156 g/mol. The molecule has 0 saturated carbocycles. The normalized spacial score (nSPS) is 14.8. The Balaban J connectivity index is 0.000000211. The van der Waals surface area contributed by atoms with Crippen LogP contribution < -0.4 is 10.6 Å². The summed E-state index contributed by atoms with van der Waals surface area (Å²) < 4.78 is 4.33. The molecular formula is C8H18N2O2. The van der Waals surface area contributed by atoms with Crippen LogP contribution in [0, 0.1) is 0 Å². The van der Waals surface area contributed by atoms with Gasteiger partial charge in [0.05, 0.1) is 0 Å². The molecule has 0 aromatic rings. The lowest BCUT2D eigenvalue weighted by molar-refractivity contribution is -0.128. The van der Waals surface area contributed by atoms with E-state index in [2.05, 4.69) is 15.4 Å². The van der Waals surface area contributed by atoms with Gasteiger partial charge in [0, 0.05) is 6.54 Å². The molecule has 1 aliphatic rings. The van der Waals surface area contributed by atoms with Crippen LogP contribution in [-0.2, 0) is 9.53 Å². The number of ether oxygens (including phenoxy) is 1. The summed E-state index contributed by atoms with van der Waals surface area (Å²) in [5.41, 5.74) is 0. The first-order valence-electron chi connectivity index (χ1n) is 4.32. The summed E-state index contributed by atoms with van der Waals surface area (Å²) in [6.45, 7) is 4.12. The lowest BCUT2D eigenvalue weighted by Crippen LogP contribution is -2.13. The highest BCUT2D eigenvalue weighted by molar-refractivity contribution is 5.36. The molecule has 0 aromatic carbocycles. The fourth-order valence-corrected chi connectivity index (χ4v) is 0.834. The molecule has 4 nitrogen and oxygen atoms in total. The van der Waals surface area contributed by atoms with Gasteiger partial charge in [-0.25, -0.2) is 0 Å². The van der Waals surface area contributed by atoms with Gasteiger partial charge in [-0.3, -0.25) is 4.79 Å². The SMILES string of the molecule is C1CCNC1.CNCCOC=O. The molecule has 0 bridgehead atoms. The maximum absolute atomic E-state index is 9.43. The largest absolute Gasteiger partial charge is 0.467 e. The maximum atomic E-state index is 9.43. The van der Waals surface area contributed by atoms with Gasteiger partial charge in [0.15, 0.2) is 0 Å². The molecule has 1 saturated heterocycles. The van der Waals surface area contributed by atoms with E-state index < -0.39 is 0 Å². The summed E-state index contributed by atoms with van der Waals surface area (Å²) in [6.07, 6.45) is 2.78. The van der Waals surface area contributed by atoms with Crippen LogP contribution in [0.3, 0.4) is 0 Å². The summed E-state index contributed by atoms with van der Waals surface area (Å²) in [6, 6.07) is 0. The fraction of sp³-hybridized carbons (Fsp3) is 0.875. The van der Waals surface area contributed by atoms with Crippen LogP contribution in [0.5, 0.6) is 0 Å². The Morgan fingerprint density at radius 2 is 2.17 bits per heavy atom. The van der Waals surface area contributed by atoms with Crippen LogP contribution in [0.4, 0.5) is 0 Å². The first-order valence-corrected chi connectivity index (χ1v) is 4.32. The van der Waals surface area contributed by atoms with Crippen molar-refractivity contribution in [2.45, 2.75) is 12.8 Å². The molecule has 1 fully saturated rings. The zero-order chi connectivity index (χ0) is 9.07. The van der Waals surface area contributed by atoms with Crippen LogP contribution in [0.25, 0.3) is 0 Å². The number of hydrogen-bond acceptors (Lipinski definition) is 4. The Morgan fingerprint density at radius 1 is 1.50 bits per heavy atom. The summed E-state index contributed by atoms with van der Waals surface area (Å²) >= 11 is 0. The van der Waals surface area contributed by atoms with Crippen LogP contribution in [0.2, 0.25) is 0 Å². The van der Waals surface area contributed by atoms with Gasteiger partial charge in [0.25, 0.3) is 6.47 Å². The van der Waals surface area contributed by atoms with Crippen molar-refractivity contribution < 1.29 is 9.53 Å². The average molecular weight is 174 g/mol. The smallest absolute Gasteiger partial charge is 0.293 e. The molecule has 0 radical (unpaired) electrons. The summed E-state index contributed by atoms with van der Waals surface area (Å²) in [5, 5.41) is 6.04. The topological polar surface area (TPSA) is 50.4 Å². The molecule has 12 heavy (non-hydrogen) atoms. The van der Waals surface area contributed by atoms with E-state index in [4.69, 9.17) is 0 Å². The molecule has 4 heteroatoms. The minimum absolute atomic E-state index is 0.442. The lowest BCUT2D eigenvalue weighted by Gasteiger charge is -1.93. The van der Waals surface area contributed by atoms with Gasteiger partial charge in [-0.05, 0) is 33.0 Å². The van der Waals surface area contributed by atoms with E-state index in [1.807, 2.05) is 0 Å². The van der Waals surface area contributed by atoms with E-state index >= 15 is 0 Å². The van der Waals surface area contributed by atoms with Crippen molar-refractivity contribution in [2.24, 2.45) is 0 Å². The Morgan fingerprint density at radius 3 is 2.50 bits per heavy atom. The Bertz CT molecular complexity index is 87.4. The predicted octanol–water partition coefficient (Wildman–Crippen LogP) is -0.251. The van der Waals surface area contributed by atoms with Crippen molar-refractivity contribution in [3.63, 3.8) is 0 Å². The van der Waals surface area contributed by atoms with Crippen molar-refractivity contribution in [1.82, 2.24) is 10.6 Å². The number of hydrogen-bond donors (Lipinski definition) is 2. The number of likely N-dealkylation sites (N-methyl/N-ethyl adjacent to an activating group) is 1. The lowest BCUT2D eigenvalue weighted by atomic mass is 10.4.